The Morgan fingerprint density at radius 1 is 1.29 bits per heavy atom. The van der Waals surface area contributed by atoms with Crippen molar-refractivity contribution in [2.24, 2.45) is 7.05 Å². The van der Waals surface area contributed by atoms with Crippen LogP contribution in [0.3, 0.4) is 0 Å². The van der Waals surface area contributed by atoms with Crippen LogP contribution in [-0.4, -0.2) is 4.57 Å². The van der Waals surface area contributed by atoms with Gasteiger partial charge in [0.25, 0.3) is 0 Å². The summed E-state index contributed by atoms with van der Waals surface area (Å²) in [7, 11) is 1.93. The lowest BCUT2D eigenvalue weighted by atomic mass is 10.1. The van der Waals surface area contributed by atoms with Gasteiger partial charge in [0.1, 0.15) is 5.82 Å². The van der Waals surface area contributed by atoms with Gasteiger partial charge in [0.15, 0.2) is 0 Å². The molecule has 0 unspecified atom stereocenters. The molecule has 14 heavy (non-hydrogen) atoms. The molecule has 1 heterocycles. The summed E-state index contributed by atoms with van der Waals surface area (Å²) >= 11 is 0. The number of hydrogen-bond donors (Lipinski definition) is 1. The Balaban J connectivity index is 2.52. The van der Waals surface area contributed by atoms with E-state index in [0.717, 1.165) is 11.1 Å². The third-order valence-electron chi connectivity index (χ3n) is 2.16. The van der Waals surface area contributed by atoms with Crippen molar-refractivity contribution < 1.29 is 4.39 Å². The standard InChI is InChI=1S/C11H11FN2/c1-14-5-4-8(7-14)10-3-2-9(12)6-11(10)13/h2-7H,13H2,1H3. The Morgan fingerprint density at radius 2 is 2.07 bits per heavy atom. The van der Waals surface area contributed by atoms with Crippen LogP contribution in [0.15, 0.2) is 36.7 Å². The Labute approximate surface area is 81.8 Å². The summed E-state index contributed by atoms with van der Waals surface area (Å²) in [6, 6.07) is 6.39. The molecule has 2 rings (SSSR count). The predicted molar refractivity (Wildman–Crippen MR) is 55.2 cm³/mol. The second kappa shape index (κ2) is 3.18. The van der Waals surface area contributed by atoms with Crippen LogP contribution in [0.25, 0.3) is 11.1 Å². The van der Waals surface area contributed by atoms with E-state index in [2.05, 4.69) is 0 Å². The maximum Gasteiger partial charge on any atom is 0.125 e. The highest BCUT2D eigenvalue weighted by Gasteiger charge is 2.04. The summed E-state index contributed by atoms with van der Waals surface area (Å²) in [5.41, 5.74) is 8.05. The number of nitrogens with zero attached hydrogens (tertiary/aromatic N) is 1. The van der Waals surface area contributed by atoms with Crippen molar-refractivity contribution in [2.75, 3.05) is 5.73 Å². The molecule has 0 aliphatic heterocycles. The number of halogens is 1. The molecule has 0 fully saturated rings. The highest BCUT2D eigenvalue weighted by Crippen LogP contribution is 2.26. The van der Waals surface area contributed by atoms with E-state index in [9.17, 15) is 4.39 Å². The molecule has 1 aromatic carbocycles. The van der Waals surface area contributed by atoms with E-state index in [1.165, 1.54) is 12.1 Å². The molecule has 2 nitrogen and oxygen atoms in total. The summed E-state index contributed by atoms with van der Waals surface area (Å²) in [6.07, 6.45) is 3.88. The summed E-state index contributed by atoms with van der Waals surface area (Å²) < 4.78 is 14.7. The molecule has 3 heteroatoms. The van der Waals surface area contributed by atoms with Crippen molar-refractivity contribution in [1.29, 1.82) is 0 Å². The smallest absolute Gasteiger partial charge is 0.125 e. The van der Waals surface area contributed by atoms with Gasteiger partial charge in [0, 0.05) is 36.3 Å². The first-order valence-corrected chi connectivity index (χ1v) is 4.34. The van der Waals surface area contributed by atoms with Crippen molar-refractivity contribution >= 4 is 5.69 Å². The van der Waals surface area contributed by atoms with Gasteiger partial charge in [-0.05, 0) is 24.3 Å². The second-order valence-electron chi connectivity index (χ2n) is 3.30. The lowest BCUT2D eigenvalue weighted by Crippen LogP contribution is -1.90. The molecule has 1 aromatic heterocycles. The van der Waals surface area contributed by atoms with E-state index in [1.807, 2.05) is 30.1 Å². The van der Waals surface area contributed by atoms with Crippen molar-refractivity contribution in [2.45, 2.75) is 0 Å². The topological polar surface area (TPSA) is 30.9 Å². The van der Waals surface area contributed by atoms with E-state index >= 15 is 0 Å². The van der Waals surface area contributed by atoms with Crippen LogP contribution in [0.4, 0.5) is 10.1 Å². The van der Waals surface area contributed by atoms with Gasteiger partial charge in [0.05, 0.1) is 0 Å². The van der Waals surface area contributed by atoms with E-state index in [0.29, 0.717) is 5.69 Å². The number of benzene rings is 1. The molecular formula is C11H11FN2. The van der Waals surface area contributed by atoms with Gasteiger partial charge in [-0.2, -0.15) is 0 Å². The van der Waals surface area contributed by atoms with Crippen molar-refractivity contribution in [3.05, 3.63) is 42.5 Å². The summed E-state index contributed by atoms with van der Waals surface area (Å²) in [5.74, 6) is -0.304. The minimum absolute atomic E-state index is 0.304. The summed E-state index contributed by atoms with van der Waals surface area (Å²) in [6.45, 7) is 0. The highest BCUT2D eigenvalue weighted by atomic mass is 19.1. The fraction of sp³-hybridized carbons (Fsp3) is 0.0909. The van der Waals surface area contributed by atoms with Gasteiger partial charge in [-0.25, -0.2) is 4.39 Å². The second-order valence-corrected chi connectivity index (χ2v) is 3.30. The fourth-order valence-corrected chi connectivity index (χ4v) is 1.46. The average Bonchev–Trinajstić information content (AvgIpc) is 2.51. The lowest BCUT2D eigenvalue weighted by Gasteiger charge is -2.02. The molecular weight excluding hydrogens is 179 g/mol. The number of nitrogen functional groups attached to an aromatic ring is 1. The minimum atomic E-state index is -0.304. The van der Waals surface area contributed by atoms with Crippen LogP contribution >= 0.6 is 0 Å². The van der Waals surface area contributed by atoms with Gasteiger partial charge in [0.2, 0.25) is 0 Å². The number of anilines is 1. The fourth-order valence-electron chi connectivity index (χ4n) is 1.46. The summed E-state index contributed by atoms with van der Waals surface area (Å²) in [4.78, 5) is 0. The molecule has 2 N–H and O–H groups in total. The maximum atomic E-state index is 12.8. The Morgan fingerprint density at radius 3 is 2.64 bits per heavy atom. The van der Waals surface area contributed by atoms with Crippen molar-refractivity contribution in [3.8, 4) is 11.1 Å². The first kappa shape index (κ1) is 8.81. The highest BCUT2D eigenvalue weighted by molar-refractivity contribution is 5.75. The Kier molecular flexibility index (Phi) is 2.00. The normalized spacial score (nSPS) is 10.4. The molecule has 0 radical (unpaired) electrons. The first-order valence-electron chi connectivity index (χ1n) is 4.34. The number of aromatic nitrogens is 1. The maximum absolute atomic E-state index is 12.8. The van der Waals surface area contributed by atoms with Crippen LogP contribution in [0.2, 0.25) is 0 Å². The largest absolute Gasteiger partial charge is 0.398 e. The average molecular weight is 190 g/mol. The molecule has 0 aliphatic carbocycles. The zero-order valence-corrected chi connectivity index (χ0v) is 7.87. The lowest BCUT2D eigenvalue weighted by molar-refractivity contribution is 0.628. The van der Waals surface area contributed by atoms with Gasteiger partial charge in [-0.3, -0.25) is 0 Å². The molecule has 0 spiro atoms. The molecule has 0 saturated carbocycles. The third-order valence-corrected chi connectivity index (χ3v) is 2.16. The van der Waals surface area contributed by atoms with Crippen LogP contribution in [0, 0.1) is 5.82 Å². The SMILES string of the molecule is Cn1ccc(-c2ccc(F)cc2N)c1. The number of rotatable bonds is 1. The van der Waals surface area contributed by atoms with E-state index in [4.69, 9.17) is 5.73 Å². The van der Waals surface area contributed by atoms with E-state index in [1.54, 1.807) is 6.07 Å². The summed E-state index contributed by atoms with van der Waals surface area (Å²) in [5, 5.41) is 0. The monoisotopic (exact) mass is 190 g/mol. The van der Waals surface area contributed by atoms with Crippen LogP contribution in [0.5, 0.6) is 0 Å². The third kappa shape index (κ3) is 1.48. The Bertz CT molecular complexity index is 460. The van der Waals surface area contributed by atoms with Crippen molar-refractivity contribution in [1.82, 2.24) is 4.57 Å². The van der Waals surface area contributed by atoms with Gasteiger partial charge in [-0.15, -0.1) is 0 Å². The Hall–Kier alpha value is -1.77. The van der Waals surface area contributed by atoms with Crippen LogP contribution in [0.1, 0.15) is 0 Å². The van der Waals surface area contributed by atoms with E-state index in [-0.39, 0.29) is 5.82 Å². The van der Waals surface area contributed by atoms with E-state index < -0.39 is 0 Å². The molecule has 0 atom stereocenters. The molecule has 72 valence electrons. The van der Waals surface area contributed by atoms with Crippen LogP contribution < -0.4 is 5.73 Å². The zero-order valence-electron chi connectivity index (χ0n) is 7.87. The number of aryl methyl sites for hydroxylation is 1. The molecule has 0 saturated heterocycles. The minimum Gasteiger partial charge on any atom is -0.398 e. The van der Waals surface area contributed by atoms with Gasteiger partial charge in [-0.1, -0.05) is 0 Å². The quantitative estimate of drug-likeness (QED) is 0.688. The molecule has 0 aliphatic rings. The van der Waals surface area contributed by atoms with Gasteiger partial charge >= 0.3 is 0 Å². The first-order chi connectivity index (χ1) is 6.66. The molecule has 2 aromatic rings. The predicted octanol–water partition coefficient (Wildman–Crippen LogP) is 2.41. The number of hydrogen-bond acceptors (Lipinski definition) is 1. The van der Waals surface area contributed by atoms with Gasteiger partial charge < -0.3 is 10.3 Å². The van der Waals surface area contributed by atoms with Crippen LogP contribution in [-0.2, 0) is 7.05 Å². The number of nitrogens with two attached hydrogens (primary N) is 1. The zero-order chi connectivity index (χ0) is 10.1. The van der Waals surface area contributed by atoms with Crippen molar-refractivity contribution in [3.63, 3.8) is 0 Å². The molecule has 0 bridgehead atoms. The molecule has 0 amide bonds.